The van der Waals surface area contributed by atoms with E-state index in [9.17, 15) is 43.2 Å². The number of carbonyl (C=O) groups is 9. The maximum absolute atomic E-state index is 12.7. The van der Waals surface area contributed by atoms with Crippen LogP contribution in [-0.4, -0.2) is 134 Å². The second kappa shape index (κ2) is 25.9. The van der Waals surface area contributed by atoms with Gasteiger partial charge in [0.25, 0.3) is 0 Å². The lowest BCUT2D eigenvalue weighted by Crippen LogP contribution is -2.50. The summed E-state index contributed by atoms with van der Waals surface area (Å²) >= 11 is 0. The molecule has 3 aliphatic rings. The smallest absolute Gasteiger partial charge is 0.417 e. The van der Waals surface area contributed by atoms with E-state index in [0.29, 0.717) is 12.8 Å². The van der Waals surface area contributed by atoms with Crippen LogP contribution < -0.4 is 0 Å². The van der Waals surface area contributed by atoms with Crippen LogP contribution in [0.15, 0.2) is 60.7 Å². The molecule has 17 nitrogen and oxygen atoms in total. The van der Waals surface area contributed by atoms with Gasteiger partial charge in [-0.05, 0) is 72.4 Å². The number of ether oxygens (including phenoxy) is 5. The Hall–Kier alpha value is -4.41. The summed E-state index contributed by atoms with van der Waals surface area (Å²) in [6.45, 7) is 12.4. The van der Waals surface area contributed by atoms with E-state index in [0.717, 1.165) is 16.0 Å². The number of carbonyl (C=O) groups excluding carboxylic acids is 8. The highest BCUT2D eigenvalue weighted by atomic mass is 31.0. The van der Waals surface area contributed by atoms with Crippen molar-refractivity contribution in [3.8, 4) is 0 Å². The number of ketones is 1. The van der Waals surface area contributed by atoms with Crippen molar-refractivity contribution in [2.75, 3.05) is 19.4 Å². The molecule has 4 unspecified atom stereocenters. The second-order valence-electron chi connectivity index (χ2n) is 16.6. The van der Waals surface area contributed by atoms with E-state index in [1.807, 2.05) is 60.7 Å². The largest absolute Gasteiger partial charge is 0.481 e. The van der Waals surface area contributed by atoms with E-state index in [2.05, 4.69) is 41.7 Å². The molecule has 64 heavy (non-hydrogen) atoms. The van der Waals surface area contributed by atoms with E-state index < -0.39 is 64.6 Å². The Kier molecular flexibility index (Phi) is 22.6. The highest BCUT2D eigenvalue weighted by Gasteiger charge is 2.42. The van der Waals surface area contributed by atoms with Gasteiger partial charge in [0, 0.05) is 6.16 Å². The first-order valence-electron chi connectivity index (χ1n) is 20.1. The van der Waals surface area contributed by atoms with Gasteiger partial charge in [0.2, 0.25) is 11.8 Å². The van der Waals surface area contributed by atoms with Crippen molar-refractivity contribution in [3.05, 3.63) is 71.8 Å². The molecule has 0 spiro atoms. The SMILES string of the molecule is CC(=O)[C@@H]1OC(=O)[C@H]1P.CC(C)(C)OC(=O)C[C@H](P)C(=O)N1C(=O)OC[C@H]1Cc1ccccc1.CC(C)(C)OC(=O)C[C@H](P)C(=O)O.O=C(CP)N1C(=O)OC[C@H]1Cc1ccccc1. The van der Waals surface area contributed by atoms with Crippen molar-refractivity contribution in [1.82, 2.24) is 9.80 Å². The Morgan fingerprint density at radius 3 is 1.47 bits per heavy atom. The molecule has 1 N–H and O–H groups in total. The number of amides is 4. The quantitative estimate of drug-likeness (QED) is 0.171. The normalized spacial score (nSPS) is 19.8. The Bertz CT molecular complexity index is 1960. The van der Waals surface area contributed by atoms with E-state index in [-0.39, 0.29) is 67.6 Å². The van der Waals surface area contributed by atoms with Crippen molar-refractivity contribution in [3.63, 3.8) is 0 Å². The number of hydrogen-bond donors (Lipinski definition) is 1. The van der Waals surface area contributed by atoms with Crippen LogP contribution in [0, 0.1) is 0 Å². The minimum Gasteiger partial charge on any atom is -0.481 e. The van der Waals surface area contributed by atoms with Crippen LogP contribution in [-0.2, 0) is 70.1 Å². The number of Topliss-reactive ketones (excluding diaryl/α,β-unsaturated/α-hetero) is 1. The standard InChI is InChI=1S/C18H24NO5P.C12H14NO3P.C8H15O4P.C5H7O3P/c1-18(2,3)24-15(20)10-14(25)16(21)19-13(11-23-17(19)22)9-12-7-5-4-6-8-12;14-11(8-17)13-10(7-16-12(13)15)6-9-4-2-1-3-5-9;1-8(2,3)12-6(9)4-5(13)7(10)11;1-2(6)3-4(9)5(7)8-3/h4-8,13-14H,9-11,25H2,1-3H3;1-5,10H,6-8,17H2;5H,4,13H2,1-3H3,(H,10,11);3-4H,9H2,1H3/t13-,14+;10-;5-;3-,4-/m1100/s1. The van der Waals surface area contributed by atoms with Crippen LogP contribution in [0.2, 0.25) is 0 Å². The zero-order valence-electron chi connectivity index (χ0n) is 37.1. The predicted molar refractivity (Wildman–Crippen MR) is 248 cm³/mol. The molecule has 0 radical (unpaired) electrons. The maximum atomic E-state index is 12.7. The van der Waals surface area contributed by atoms with Gasteiger partial charge in [0.15, 0.2) is 11.9 Å². The van der Waals surface area contributed by atoms with Crippen molar-refractivity contribution < 1.29 is 71.9 Å². The number of rotatable bonds is 12. The number of imide groups is 2. The fourth-order valence-electron chi connectivity index (χ4n) is 5.81. The maximum Gasteiger partial charge on any atom is 0.417 e. The van der Waals surface area contributed by atoms with E-state index in [1.165, 1.54) is 11.8 Å². The summed E-state index contributed by atoms with van der Waals surface area (Å²) in [5.74, 6) is -3.04. The summed E-state index contributed by atoms with van der Waals surface area (Å²) < 4.78 is 24.7. The molecular formula is C43H60N2O15P4. The molecule has 3 aliphatic heterocycles. The zero-order chi connectivity index (χ0) is 48.5. The Balaban J connectivity index is 0.000000314. The third-order valence-corrected chi connectivity index (χ3v) is 10.7. The summed E-state index contributed by atoms with van der Waals surface area (Å²) in [5.41, 5.74) is -0.878. The van der Waals surface area contributed by atoms with Crippen LogP contribution >= 0.6 is 37.0 Å². The third kappa shape index (κ3) is 19.4. The molecule has 0 saturated carbocycles. The van der Waals surface area contributed by atoms with Gasteiger partial charge in [0.1, 0.15) is 30.1 Å². The van der Waals surface area contributed by atoms with Gasteiger partial charge < -0.3 is 28.8 Å². The first-order chi connectivity index (χ1) is 29.7. The van der Waals surface area contributed by atoms with Crippen molar-refractivity contribution >= 4 is 90.6 Å². The molecule has 4 amide bonds. The van der Waals surface area contributed by atoms with Gasteiger partial charge in [-0.25, -0.2) is 19.4 Å². The monoisotopic (exact) mass is 968 g/mol. The van der Waals surface area contributed by atoms with Crippen LogP contribution in [0.25, 0.3) is 0 Å². The Morgan fingerprint density at radius 1 is 0.719 bits per heavy atom. The molecular weight excluding hydrogens is 908 g/mol. The number of benzene rings is 2. The van der Waals surface area contributed by atoms with Crippen molar-refractivity contribution in [2.24, 2.45) is 0 Å². The third-order valence-electron chi connectivity index (χ3n) is 8.72. The molecule has 21 heteroatoms. The first kappa shape index (κ1) is 55.7. The number of cyclic esters (lactones) is 3. The van der Waals surface area contributed by atoms with Crippen LogP contribution in [0.3, 0.4) is 0 Å². The van der Waals surface area contributed by atoms with Gasteiger partial charge in [-0.2, -0.15) is 0 Å². The lowest BCUT2D eigenvalue weighted by molar-refractivity contribution is -0.171. The summed E-state index contributed by atoms with van der Waals surface area (Å²) in [5, 5.41) is 8.50. The molecule has 10 atom stereocenters. The molecule has 0 bridgehead atoms. The number of carboxylic acid groups (broad SMARTS) is 1. The molecule has 3 heterocycles. The second-order valence-corrected chi connectivity index (χ2v) is 19.4. The average Bonchev–Trinajstić information content (AvgIpc) is 3.75. The minimum atomic E-state index is -1.02. The zero-order valence-corrected chi connectivity index (χ0v) is 41.7. The molecule has 0 aliphatic carbocycles. The topological polar surface area (TPSA) is 226 Å². The van der Waals surface area contributed by atoms with E-state index in [1.54, 1.807) is 41.5 Å². The van der Waals surface area contributed by atoms with Gasteiger partial charge in [-0.3, -0.25) is 33.6 Å². The minimum absolute atomic E-state index is 0.0883. The molecule has 0 aromatic heterocycles. The highest BCUT2D eigenvalue weighted by molar-refractivity contribution is 7.20. The Labute approximate surface area is 382 Å². The van der Waals surface area contributed by atoms with Gasteiger partial charge >= 0.3 is 36.1 Å². The number of aliphatic carboxylic acids is 1. The van der Waals surface area contributed by atoms with E-state index >= 15 is 0 Å². The van der Waals surface area contributed by atoms with Crippen molar-refractivity contribution in [1.29, 1.82) is 0 Å². The molecule has 2 aromatic carbocycles. The molecule has 352 valence electrons. The Morgan fingerprint density at radius 2 is 1.12 bits per heavy atom. The lowest BCUT2D eigenvalue weighted by Gasteiger charge is -2.29. The fourth-order valence-corrected chi connectivity index (χ4v) is 6.98. The molecule has 3 fully saturated rings. The summed E-state index contributed by atoms with van der Waals surface area (Å²) in [6, 6.07) is 18.8. The van der Waals surface area contributed by atoms with Gasteiger partial charge in [-0.1, -0.05) is 60.7 Å². The predicted octanol–water partition coefficient (Wildman–Crippen LogP) is 4.79. The molecule has 2 aromatic rings. The number of esters is 3. The van der Waals surface area contributed by atoms with Crippen LogP contribution in [0.4, 0.5) is 9.59 Å². The number of carboxylic acids is 1. The summed E-state index contributed by atoms with van der Waals surface area (Å²) in [6.07, 6.45) is -0.519. The first-order valence-corrected chi connectivity index (χ1v) is 23.0. The van der Waals surface area contributed by atoms with Crippen LogP contribution in [0.5, 0.6) is 0 Å². The fraction of sp³-hybridized carbons (Fsp3) is 0.512. The average molecular weight is 969 g/mol. The molecule has 5 rings (SSSR count). The van der Waals surface area contributed by atoms with E-state index in [4.69, 9.17) is 24.1 Å². The number of hydrogen-bond acceptors (Lipinski definition) is 14. The molecule has 3 saturated heterocycles. The van der Waals surface area contributed by atoms with Crippen molar-refractivity contribution in [2.45, 2.75) is 121 Å². The lowest BCUT2D eigenvalue weighted by atomic mass is 10.1. The van der Waals surface area contributed by atoms with Gasteiger partial charge in [-0.15, -0.1) is 37.0 Å². The van der Waals surface area contributed by atoms with Crippen LogP contribution in [0.1, 0.15) is 72.4 Å². The number of nitrogens with zero attached hydrogens (tertiary/aromatic N) is 2. The summed E-state index contributed by atoms with van der Waals surface area (Å²) in [7, 11) is 9.02. The summed E-state index contributed by atoms with van der Waals surface area (Å²) in [4.78, 5) is 104. The van der Waals surface area contributed by atoms with Gasteiger partial charge in [0.05, 0.1) is 36.2 Å². The highest BCUT2D eigenvalue weighted by Crippen LogP contribution is 2.24.